The van der Waals surface area contributed by atoms with E-state index in [0.717, 1.165) is 38.8 Å². The highest BCUT2D eigenvalue weighted by Gasteiger charge is 2.23. The topological polar surface area (TPSA) is 32.3 Å². The van der Waals surface area contributed by atoms with Crippen molar-refractivity contribution in [2.45, 2.75) is 44.6 Å². The second-order valence-electron chi connectivity index (χ2n) is 5.31. The van der Waals surface area contributed by atoms with Gasteiger partial charge in [0.05, 0.1) is 0 Å². The Bertz CT molecular complexity index is 280. The van der Waals surface area contributed by atoms with Crippen molar-refractivity contribution in [1.82, 2.24) is 10.2 Å². The van der Waals surface area contributed by atoms with Crippen LogP contribution in [0.4, 0.5) is 0 Å². The summed E-state index contributed by atoms with van der Waals surface area (Å²) < 4.78 is 0. The molecule has 1 amide bonds. The van der Waals surface area contributed by atoms with E-state index >= 15 is 0 Å². The van der Waals surface area contributed by atoms with E-state index in [2.05, 4.69) is 17.5 Å². The van der Waals surface area contributed by atoms with E-state index in [9.17, 15) is 4.79 Å². The Hall–Kier alpha value is -0.830. The molecule has 0 spiro atoms. The van der Waals surface area contributed by atoms with E-state index in [1.807, 2.05) is 11.9 Å². The number of carbonyl (C=O) groups is 1. The Balaban J connectivity index is 1.82. The van der Waals surface area contributed by atoms with Gasteiger partial charge in [0.25, 0.3) is 0 Å². The standard InChI is InChI=1S/C14H24N2O/c1-16(13-7-4-9-15-10-8-13)14(17)11-12-5-2-3-6-12/h2,5,12-13,15H,3-4,6-11H2,1H3. The Labute approximate surface area is 104 Å². The quantitative estimate of drug-likeness (QED) is 0.760. The number of rotatable bonds is 3. The first kappa shape index (κ1) is 12.6. The van der Waals surface area contributed by atoms with Crippen LogP contribution in [0.2, 0.25) is 0 Å². The van der Waals surface area contributed by atoms with Crippen molar-refractivity contribution in [3.8, 4) is 0 Å². The van der Waals surface area contributed by atoms with E-state index in [0.29, 0.717) is 24.3 Å². The van der Waals surface area contributed by atoms with Crippen LogP contribution in [0.1, 0.15) is 38.5 Å². The average molecular weight is 236 g/mol. The summed E-state index contributed by atoms with van der Waals surface area (Å²) in [6.07, 6.45) is 10.9. The number of carbonyl (C=O) groups excluding carboxylic acids is 1. The maximum absolute atomic E-state index is 12.2. The van der Waals surface area contributed by atoms with Crippen LogP contribution in [-0.2, 0) is 4.79 Å². The number of hydrogen-bond acceptors (Lipinski definition) is 2. The third-order valence-corrected chi connectivity index (χ3v) is 4.04. The molecule has 1 N–H and O–H groups in total. The molecule has 1 heterocycles. The van der Waals surface area contributed by atoms with E-state index in [1.54, 1.807) is 0 Å². The Morgan fingerprint density at radius 2 is 2.24 bits per heavy atom. The SMILES string of the molecule is CN(C(=O)CC1C=CCC1)C1CCCNCC1. The minimum Gasteiger partial charge on any atom is -0.343 e. The van der Waals surface area contributed by atoms with E-state index < -0.39 is 0 Å². The van der Waals surface area contributed by atoms with Gasteiger partial charge in [-0.05, 0) is 51.1 Å². The number of amides is 1. The summed E-state index contributed by atoms with van der Waals surface area (Å²) in [6, 6.07) is 0.447. The largest absolute Gasteiger partial charge is 0.343 e. The van der Waals surface area contributed by atoms with Crippen LogP contribution in [0.3, 0.4) is 0 Å². The van der Waals surface area contributed by atoms with Crippen LogP contribution in [0.15, 0.2) is 12.2 Å². The molecule has 1 aliphatic heterocycles. The first-order valence-electron chi connectivity index (χ1n) is 6.90. The van der Waals surface area contributed by atoms with Crippen LogP contribution >= 0.6 is 0 Å². The lowest BCUT2D eigenvalue weighted by Gasteiger charge is -2.28. The van der Waals surface area contributed by atoms with Gasteiger partial charge in [-0.25, -0.2) is 0 Å². The summed E-state index contributed by atoms with van der Waals surface area (Å²) >= 11 is 0. The molecule has 1 saturated heterocycles. The van der Waals surface area contributed by atoms with Crippen LogP contribution in [0, 0.1) is 5.92 Å². The maximum atomic E-state index is 12.2. The van der Waals surface area contributed by atoms with Crippen molar-refractivity contribution in [2.24, 2.45) is 5.92 Å². The fourth-order valence-corrected chi connectivity index (χ4v) is 2.83. The van der Waals surface area contributed by atoms with Crippen molar-refractivity contribution in [2.75, 3.05) is 20.1 Å². The molecule has 0 aromatic carbocycles. The van der Waals surface area contributed by atoms with Gasteiger partial charge >= 0.3 is 0 Å². The van der Waals surface area contributed by atoms with Gasteiger partial charge in [0.2, 0.25) is 5.91 Å². The lowest BCUT2D eigenvalue weighted by molar-refractivity contribution is -0.132. The number of allylic oxidation sites excluding steroid dienone is 2. The maximum Gasteiger partial charge on any atom is 0.223 e. The lowest BCUT2D eigenvalue weighted by Crippen LogP contribution is -2.38. The number of nitrogens with zero attached hydrogens (tertiary/aromatic N) is 1. The molecule has 17 heavy (non-hydrogen) atoms. The summed E-state index contributed by atoms with van der Waals surface area (Å²) in [6.45, 7) is 2.15. The molecule has 3 heteroatoms. The fourth-order valence-electron chi connectivity index (χ4n) is 2.83. The molecule has 0 aromatic rings. The van der Waals surface area contributed by atoms with Crippen molar-refractivity contribution in [3.05, 3.63) is 12.2 Å². The second kappa shape index (κ2) is 6.20. The Morgan fingerprint density at radius 1 is 1.35 bits per heavy atom. The third kappa shape index (κ3) is 3.56. The van der Waals surface area contributed by atoms with Gasteiger partial charge < -0.3 is 10.2 Å². The zero-order valence-corrected chi connectivity index (χ0v) is 10.8. The molecular formula is C14H24N2O. The van der Waals surface area contributed by atoms with Crippen LogP contribution in [0.25, 0.3) is 0 Å². The highest BCUT2D eigenvalue weighted by Crippen LogP contribution is 2.22. The van der Waals surface area contributed by atoms with Gasteiger partial charge in [-0.15, -0.1) is 0 Å². The summed E-state index contributed by atoms with van der Waals surface area (Å²) in [7, 11) is 1.98. The van der Waals surface area contributed by atoms with Crippen molar-refractivity contribution < 1.29 is 4.79 Å². The molecular weight excluding hydrogens is 212 g/mol. The Kier molecular flexibility index (Phi) is 4.60. The van der Waals surface area contributed by atoms with Gasteiger partial charge in [-0.3, -0.25) is 4.79 Å². The van der Waals surface area contributed by atoms with Crippen molar-refractivity contribution in [3.63, 3.8) is 0 Å². The average Bonchev–Trinajstić information content (AvgIpc) is 2.68. The predicted molar refractivity (Wildman–Crippen MR) is 69.8 cm³/mol. The highest BCUT2D eigenvalue weighted by atomic mass is 16.2. The minimum atomic E-state index is 0.327. The molecule has 2 rings (SSSR count). The van der Waals surface area contributed by atoms with Crippen LogP contribution < -0.4 is 5.32 Å². The molecule has 0 saturated carbocycles. The molecule has 96 valence electrons. The molecule has 0 aromatic heterocycles. The number of nitrogens with one attached hydrogen (secondary N) is 1. The minimum absolute atomic E-state index is 0.327. The Morgan fingerprint density at radius 3 is 3.00 bits per heavy atom. The smallest absolute Gasteiger partial charge is 0.223 e. The van der Waals surface area contributed by atoms with Crippen molar-refractivity contribution >= 4 is 5.91 Å². The normalized spacial score (nSPS) is 29.0. The summed E-state index contributed by atoms with van der Waals surface area (Å²) in [5.74, 6) is 0.822. The van der Waals surface area contributed by atoms with E-state index in [-0.39, 0.29) is 0 Å². The molecule has 0 radical (unpaired) electrons. The third-order valence-electron chi connectivity index (χ3n) is 4.04. The molecule has 1 aliphatic carbocycles. The van der Waals surface area contributed by atoms with E-state index in [1.165, 1.54) is 6.42 Å². The first-order valence-corrected chi connectivity index (χ1v) is 6.90. The molecule has 2 unspecified atom stereocenters. The molecule has 2 aliphatic rings. The summed E-state index contributed by atoms with van der Waals surface area (Å²) in [5, 5.41) is 3.39. The molecule has 1 fully saturated rings. The van der Waals surface area contributed by atoms with Gasteiger partial charge in [-0.2, -0.15) is 0 Å². The van der Waals surface area contributed by atoms with Crippen LogP contribution in [0.5, 0.6) is 0 Å². The molecule has 0 bridgehead atoms. The summed E-state index contributed by atoms with van der Waals surface area (Å²) in [4.78, 5) is 14.2. The fraction of sp³-hybridized carbons (Fsp3) is 0.786. The van der Waals surface area contributed by atoms with E-state index in [4.69, 9.17) is 0 Å². The summed E-state index contributed by atoms with van der Waals surface area (Å²) in [5.41, 5.74) is 0. The highest BCUT2D eigenvalue weighted by molar-refractivity contribution is 5.76. The van der Waals surface area contributed by atoms with Gasteiger partial charge in [0.1, 0.15) is 0 Å². The second-order valence-corrected chi connectivity index (χ2v) is 5.31. The lowest BCUT2D eigenvalue weighted by atomic mass is 10.0. The van der Waals surface area contributed by atoms with Gasteiger partial charge in [-0.1, -0.05) is 12.2 Å². The van der Waals surface area contributed by atoms with Gasteiger partial charge in [0, 0.05) is 19.5 Å². The van der Waals surface area contributed by atoms with Crippen molar-refractivity contribution in [1.29, 1.82) is 0 Å². The molecule has 2 atom stereocenters. The zero-order valence-electron chi connectivity index (χ0n) is 10.8. The van der Waals surface area contributed by atoms with Gasteiger partial charge in [0.15, 0.2) is 0 Å². The number of hydrogen-bond donors (Lipinski definition) is 1. The first-order chi connectivity index (χ1) is 8.27. The predicted octanol–water partition coefficient (Wildman–Crippen LogP) is 1.94. The zero-order chi connectivity index (χ0) is 12.1. The molecule has 3 nitrogen and oxygen atoms in total. The monoisotopic (exact) mass is 236 g/mol. The van der Waals surface area contributed by atoms with Crippen LogP contribution in [-0.4, -0.2) is 37.0 Å².